The van der Waals surface area contributed by atoms with Gasteiger partial charge in [0.2, 0.25) is 0 Å². The van der Waals surface area contributed by atoms with E-state index < -0.39 is 0 Å². The molecule has 2 heteroatoms. The molecule has 1 aliphatic rings. The van der Waals surface area contributed by atoms with Crippen LogP contribution in [0.2, 0.25) is 0 Å². The molecule has 0 aliphatic heterocycles. The van der Waals surface area contributed by atoms with E-state index in [2.05, 4.69) is 43.4 Å². The predicted octanol–water partition coefficient (Wildman–Crippen LogP) is 3.67. The van der Waals surface area contributed by atoms with Crippen LogP contribution in [0.4, 0.5) is 0 Å². The van der Waals surface area contributed by atoms with Crippen molar-refractivity contribution in [2.24, 2.45) is 5.92 Å². The summed E-state index contributed by atoms with van der Waals surface area (Å²) in [5.41, 5.74) is 2.30. The smallest absolute Gasteiger partial charge is 0.134 e. The highest BCUT2D eigenvalue weighted by atomic mass is 16.3. The first-order valence-electron chi connectivity index (χ1n) is 6.93. The maximum atomic E-state index is 5.89. The first-order chi connectivity index (χ1) is 8.70. The van der Waals surface area contributed by atoms with Crippen molar-refractivity contribution in [3.8, 4) is 0 Å². The van der Waals surface area contributed by atoms with Gasteiger partial charge in [-0.1, -0.05) is 18.6 Å². The zero-order valence-corrected chi connectivity index (χ0v) is 11.2. The molecule has 1 unspecified atom stereocenters. The minimum atomic E-state index is 0.632. The molecule has 0 amide bonds. The molecule has 1 heterocycles. The van der Waals surface area contributed by atoms with Crippen molar-refractivity contribution in [2.45, 2.75) is 39.2 Å². The molecule has 1 aromatic heterocycles. The van der Waals surface area contributed by atoms with Crippen LogP contribution in [-0.4, -0.2) is 12.6 Å². The summed E-state index contributed by atoms with van der Waals surface area (Å²) in [5, 5.41) is 4.81. The Morgan fingerprint density at radius 1 is 1.33 bits per heavy atom. The summed E-state index contributed by atoms with van der Waals surface area (Å²) in [7, 11) is 0. The number of nitrogens with one attached hydrogen (secondary N) is 1. The third-order valence-corrected chi connectivity index (χ3v) is 3.60. The largest absolute Gasteiger partial charge is 0.461 e. The number of fused-ring (bicyclic) bond motifs is 1. The average molecular weight is 243 g/mol. The van der Waals surface area contributed by atoms with Crippen molar-refractivity contribution in [1.29, 1.82) is 0 Å². The summed E-state index contributed by atoms with van der Waals surface area (Å²) in [4.78, 5) is 0. The van der Waals surface area contributed by atoms with Crippen LogP contribution in [0.3, 0.4) is 0 Å². The van der Waals surface area contributed by atoms with Crippen LogP contribution in [0.15, 0.2) is 28.7 Å². The zero-order valence-electron chi connectivity index (χ0n) is 11.2. The molecule has 1 fully saturated rings. The normalized spacial score (nSPS) is 17.2. The van der Waals surface area contributed by atoms with E-state index in [4.69, 9.17) is 4.42 Å². The lowest BCUT2D eigenvalue weighted by molar-refractivity contribution is 0.452. The van der Waals surface area contributed by atoms with Crippen LogP contribution >= 0.6 is 0 Å². The monoisotopic (exact) mass is 243 g/mol. The topological polar surface area (TPSA) is 25.2 Å². The molecule has 2 nitrogen and oxygen atoms in total. The second-order valence-electron chi connectivity index (χ2n) is 5.75. The number of hydrogen-bond donors (Lipinski definition) is 1. The molecule has 0 radical (unpaired) electrons. The molecule has 1 N–H and O–H groups in total. The van der Waals surface area contributed by atoms with Crippen molar-refractivity contribution >= 4 is 11.0 Å². The highest BCUT2D eigenvalue weighted by Crippen LogP contribution is 2.23. The summed E-state index contributed by atoms with van der Waals surface area (Å²) >= 11 is 0. The molecule has 96 valence electrons. The molecular formula is C16H21NO. The van der Waals surface area contributed by atoms with Crippen molar-refractivity contribution < 1.29 is 4.42 Å². The molecule has 0 spiro atoms. The lowest BCUT2D eigenvalue weighted by Crippen LogP contribution is -2.24. The number of rotatable bonds is 5. The predicted molar refractivity (Wildman–Crippen MR) is 74.8 cm³/mol. The Bertz CT molecular complexity index is 539. The maximum absolute atomic E-state index is 5.89. The van der Waals surface area contributed by atoms with E-state index >= 15 is 0 Å². The summed E-state index contributed by atoms with van der Waals surface area (Å²) in [6, 6.07) is 9.35. The van der Waals surface area contributed by atoms with Gasteiger partial charge < -0.3 is 9.73 Å². The summed E-state index contributed by atoms with van der Waals surface area (Å²) in [6.07, 6.45) is 3.74. The summed E-state index contributed by atoms with van der Waals surface area (Å²) in [5.74, 6) is 1.74. The minimum Gasteiger partial charge on any atom is -0.461 e. The summed E-state index contributed by atoms with van der Waals surface area (Å²) in [6.45, 7) is 5.50. The van der Waals surface area contributed by atoms with Crippen LogP contribution in [0.1, 0.15) is 31.1 Å². The lowest BCUT2D eigenvalue weighted by Gasteiger charge is -2.10. The van der Waals surface area contributed by atoms with E-state index in [0.29, 0.717) is 5.92 Å². The van der Waals surface area contributed by atoms with E-state index in [1.807, 2.05) is 0 Å². The van der Waals surface area contributed by atoms with Crippen LogP contribution in [-0.2, 0) is 6.42 Å². The molecule has 0 saturated heterocycles. The quantitative estimate of drug-likeness (QED) is 0.866. The van der Waals surface area contributed by atoms with Gasteiger partial charge >= 0.3 is 0 Å². The Hall–Kier alpha value is -1.28. The highest BCUT2D eigenvalue weighted by Gasteiger charge is 2.21. The van der Waals surface area contributed by atoms with E-state index in [0.717, 1.165) is 30.4 Å². The van der Waals surface area contributed by atoms with Gasteiger partial charge in [-0.2, -0.15) is 0 Å². The Morgan fingerprint density at radius 2 is 2.17 bits per heavy atom. The Morgan fingerprint density at radius 3 is 2.94 bits per heavy atom. The van der Waals surface area contributed by atoms with E-state index in [9.17, 15) is 0 Å². The van der Waals surface area contributed by atoms with E-state index in [1.54, 1.807) is 0 Å². The van der Waals surface area contributed by atoms with Gasteiger partial charge in [0.25, 0.3) is 0 Å². The molecule has 1 aliphatic carbocycles. The van der Waals surface area contributed by atoms with Crippen molar-refractivity contribution in [3.05, 3.63) is 35.6 Å². The molecule has 0 bridgehead atoms. The number of furan rings is 1. The fourth-order valence-corrected chi connectivity index (χ4v) is 2.39. The number of hydrogen-bond acceptors (Lipinski definition) is 2. The first kappa shape index (κ1) is 11.8. The van der Waals surface area contributed by atoms with Crippen LogP contribution in [0.25, 0.3) is 11.0 Å². The third-order valence-electron chi connectivity index (χ3n) is 3.60. The molecule has 3 rings (SSSR count). The molecular weight excluding hydrogens is 222 g/mol. The molecule has 1 atom stereocenters. The van der Waals surface area contributed by atoms with Crippen molar-refractivity contribution in [2.75, 3.05) is 6.54 Å². The second-order valence-corrected chi connectivity index (χ2v) is 5.75. The highest BCUT2D eigenvalue weighted by molar-refractivity contribution is 5.78. The van der Waals surface area contributed by atoms with Gasteiger partial charge in [-0.05, 0) is 50.4 Å². The third kappa shape index (κ3) is 2.75. The van der Waals surface area contributed by atoms with Crippen molar-refractivity contribution in [1.82, 2.24) is 5.32 Å². The fourth-order valence-electron chi connectivity index (χ4n) is 2.39. The van der Waals surface area contributed by atoms with E-state index in [1.165, 1.54) is 23.8 Å². The maximum Gasteiger partial charge on any atom is 0.134 e. The van der Waals surface area contributed by atoms with Crippen molar-refractivity contribution in [3.63, 3.8) is 0 Å². The number of benzene rings is 1. The van der Waals surface area contributed by atoms with Gasteiger partial charge in [0, 0.05) is 17.8 Å². The second kappa shape index (κ2) is 4.77. The molecule has 18 heavy (non-hydrogen) atoms. The minimum absolute atomic E-state index is 0.632. The van der Waals surface area contributed by atoms with E-state index in [-0.39, 0.29) is 0 Å². The molecule has 2 aromatic rings. The van der Waals surface area contributed by atoms with Gasteiger partial charge in [0.15, 0.2) is 0 Å². The number of aryl methyl sites for hydroxylation is 1. The first-order valence-corrected chi connectivity index (χ1v) is 6.93. The lowest BCUT2D eigenvalue weighted by atomic mass is 10.1. The van der Waals surface area contributed by atoms with Gasteiger partial charge in [-0.25, -0.2) is 0 Å². The van der Waals surface area contributed by atoms with Gasteiger partial charge in [-0.3, -0.25) is 0 Å². The van der Waals surface area contributed by atoms with Gasteiger partial charge in [0.1, 0.15) is 11.3 Å². The average Bonchev–Trinajstić information content (AvgIpc) is 3.07. The standard InChI is InChI=1S/C16H21NO/c1-11-3-6-16-13(7-11)9-15(18-16)8-12(2)10-17-14-4-5-14/h3,6-7,9,12,14,17H,4-5,8,10H2,1-2H3. The van der Waals surface area contributed by atoms with Crippen LogP contribution < -0.4 is 5.32 Å². The SMILES string of the molecule is Cc1ccc2oc(CC(C)CNC3CC3)cc2c1. The fraction of sp³-hybridized carbons (Fsp3) is 0.500. The Labute approximate surface area is 108 Å². The van der Waals surface area contributed by atoms with Gasteiger partial charge in [-0.15, -0.1) is 0 Å². The van der Waals surface area contributed by atoms with Gasteiger partial charge in [0.05, 0.1) is 0 Å². The Kier molecular flexibility index (Phi) is 3.13. The summed E-state index contributed by atoms with van der Waals surface area (Å²) < 4.78 is 5.89. The van der Waals surface area contributed by atoms with Crippen LogP contribution in [0.5, 0.6) is 0 Å². The Balaban J connectivity index is 1.65. The molecule has 1 aromatic carbocycles. The molecule has 1 saturated carbocycles. The van der Waals surface area contributed by atoms with Crippen LogP contribution in [0, 0.1) is 12.8 Å². The zero-order chi connectivity index (χ0) is 12.5.